The van der Waals surface area contributed by atoms with Gasteiger partial charge >= 0.3 is 0 Å². The second kappa shape index (κ2) is 29.0. The summed E-state index contributed by atoms with van der Waals surface area (Å²) in [6, 6.07) is 31.3. The van der Waals surface area contributed by atoms with Gasteiger partial charge in [-0.15, -0.1) is 26.3 Å². The van der Waals surface area contributed by atoms with Crippen LogP contribution in [0.5, 0.6) is 0 Å². The fraction of sp³-hybridized carbons (Fsp3) is 0.278. The maximum Gasteiger partial charge on any atom is 0.0209 e. The monoisotopic (exact) mass is 603 g/mol. The number of benzene rings is 3. The molecule has 3 aromatic rings. The van der Waals surface area contributed by atoms with Crippen molar-refractivity contribution >= 4 is 15.9 Å². The highest BCUT2D eigenvalue weighted by molar-refractivity contribution is 9.09. The minimum absolute atomic E-state index is 0.740. The molecular formula is C36H50BrN3. The molecule has 0 unspecified atom stereocenters. The van der Waals surface area contributed by atoms with Crippen LogP contribution in [0.3, 0.4) is 0 Å². The minimum Gasteiger partial charge on any atom is -0.330 e. The van der Waals surface area contributed by atoms with Crippen molar-refractivity contribution in [1.29, 1.82) is 0 Å². The Morgan fingerprint density at radius 1 is 0.625 bits per heavy atom. The second-order valence-corrected chi connectivity index (χ2v) is 9.42. The Morgan fingerprint density at radius 2 is 1.05 bits per heavy atom. The third kappa shape index (κ3) is 22.9. The quantitative estimate of drug-likeness (QED) is 0.106. The van der Waals surface area contributed by atoms with Gasteiger partial charge in [-0.2, -0.15) is 0 Å². The van der Waals surface area contributed by atoms with Crippen molar-refractivity contribution in [3.8, 4) is 0 Å². The summed E-state index contributed by atoms with van der Waals surface area (Å²) < 4.78 is 0. The zero-order valence-electron chi connectivity index (χ0n) is 24.3. The van der Waals surface area contributed by atoms with Gasteiger partial charge in [-0.05, 0) is 49.0 Å². The Morgan fingerprint density at radius 3 is 1.43 bits per heavy atom. The van der Waals surface area contributed by atoms with E-state index in [1.165, 1.54) is 16.7 Å². The second-order valence-electron chi connectivity index (χ2n) is 8.77. The van der Waals surface area contributed by atoms with Crippen LogP contribution < -0.4 is 11.1 Å². The first-order valence-electron chi connectivity index (χ1n) is 13.9. The van der Waals surface area contributed by atoms with Crippen molar-refractivity contribution < 1.29 is 0 Å². The summed E-state index contributed by atoms with van der Waals surface area (Å²) in [6.45, 7) is 20.2. The van der Waals surface area contributed by atoms with E-state index < -0.39 is 0 Å². The molecule has 4 heteroatoms. The summed E-state index contributed by atoms with van der Waals surface area (Å²) in [5.74, 6) is 0. The van der Waals surface area contributed by atoms with Crippen LogP contribution in [0.15, 0.2) is 142 Å². The zero-order valence-corrected chi connectivity index (χ0v) is 25.9. The van der Waals surface area contributed by atoms with Gasteiger partial charge in [0.1, 0.15) is 0 Å². The molecule has 0 aromatic heterocycles. The van der Waals surface area contributed by atoms with Crippen molar-refractivity contribution in [3.63, 3.8) is 0 Å². The lowest BCUT2D eigenvalue weighted by Gasteiger charge is -2.18. The lowest BCUT2D eigenvalue weighted by Crippen LogP contribution is -2.26. The van der Waals surface area contributed by atoms with Crippen LogP contribution in [-0.2, 0) is 19.3 Å². The molecular weight excluding hydrogens is 554 g/mol. The van der Waals surface area contributed by atoms with Gasteiger partial charge < -0.3 is 11.1 Å². The van der Waals surface area contributed by atoms with E-state index in [0.29, 0.717) is 0 Å². The number of rotatable bonds is 15. The smallest absolute Gasteiger partial charge is 0.0209 e. The number of nitrogens with zero attached hydrogens (tertiary/aromatic N) is 1. The average Bonchev–Trinajstić information content (AvgIpc) is 3.01. The molecule has 0 radical (unpaired) electrons. The van der Waals surface area contributed by atoms with Crippen LogP contribution in [-0.4, -0.2) is 49.5 Å². The van der Waals surface area contributed by atoms with Gasteiger partial charge in [0, 0.05) is 31.5 Å². The number of hydrogen-bond acceptors (Lipinski definition) is 3. The highest BCUT2D eigenvalue weighted by atomic mass is 79.9. The Kier molecular flexibility index (Phi) is 26.8. The molecule has 216 valence electrons. The maximum atomic E-state index is 5.36. The number of alkyl halides is 1. The molecule has 0 heterocycles. The molecule has 3 N–H and O–H groups in total. The van der Waals surface area contributed by atoms with Crippen LogP contribution in [0.2, 0.25) is 0 Å². The average molecular weight is 605 g/mol. The number of hydrogen-bond donors (Lipinski definition) is 2. The molecule has 3 nitrogen and oxygen atoms in total. The van der Waals surface area contributed by atoms with Crippen LogP contribution in [0.25, 0.3) is 0 Å². The lowest BCUT2D eigenvalue weighted by atomic mass is 10.1. The van der Waals surface area contributed by atoms with E-state index in [-0.39, 0.29) is 0 Å². The summed E-state index contributed by atoms with van der Waals surface area (Å²) in [7, 11) is 0. The molecule has 3 aromatic carbocycles. The SMILES string of the molecule is C=CCBr.C=CCN(CC=C)CCc1ccccc1.C=CCNCCc1ccccc1.NCCc1ccccc1. The number of nitrogens with two attached hydrogens (primary N) is 1. The van der Waals surface area contributed by atoms with Crippen molar-refractivity contribution in [2.24, 2.45) is 5.73 Å². The Hall–Kier alpha value is -3.02. The molecule has 0 aliphatic rings. The van der Waals surface area contributed by atoms with E-state index >= 15 is 0 Å². The van der Waals surface area contributed by atoms with Crippen molar-refractivity contribution in [2.75, 3.05) is 44.6 Å². The molecule has 0 fully saturated rings. The van der Waals surface area contributed by atoms with Gasteiger partial charge in [0.2, 0.25) is 0 Å². The molecule has 0 bridgehead atoms. The van der Waals surface area contributed by atoms with Gasteiger partial charge in [-0.1, -0.05) is 131 Å². The molecule has 0 spiro atoms. The number of nitrogens with one attached hydrogen (secondary N) is 1. The highest BCUT2D eigenvalue weighted by Crippen LogP contribution is 2.02. The summed E-state index contributed by atoms with van der Waals surface area (Å²) in [5.41, 5.74) is 9.45. The molecule has 3 rings (SSSR count). The largest absolute Gasteiger partial charge is 0.330 e. The summed E-state index contributed by atoms with van der Waals surface area (Å²) in [5, 5.41) is 4.16. The van der Waals surface area contributed by atoms with Crippen molar-refractivity contribution in [1.82, 2.24) is 10.2 Å². The Bertz CT molecular complexity index is 965. The molecule has 0 saturated carbocycles. The van der Waals surface area contributed by atoms with E-state index in [1.807, 2.05) is 42.5 Å². The van der Waals surface area contributed by atoms with Crippen LogP contribution in [0, 0.1) is 0 Å². The van der Waals surface area contributed by atoms with Gasteiger partial charge in [0.15, 0.2) is 0 Å². The standard InChI is InChI=1S/C14H19N.C11H15N.C8H11N.C3H5Br/c1-3-11-15(12-4-2)13-10-14-8-6-5-7-9-14;1-2-9-12-10-8-11-6-4-3-5-7-11;9-7-6-8-4-2-1-3-5-8;1-2-3-4/h3-9H,1-2,10-13H2;2-7,12H,1,8-10H2;1-5H,6-7,9H2;2H,1,3H2. The zero-order chi connectivity index (χ0) is 29.5. The molecule has 40 heavy (non-hydrogen) atoms. The predicted molar refractivity (Wildman–Crippen MR) is 183 cm³/mol. The number of allylic oxidation sites excluding steroid dienone is 1. The van der Waals surface area contributed by atoms with Gasteiger partial charge in [0.25, 0.3) is 0 Å². The first-order valence-corrected chi connectivity index (χ1v) is 15.0. The molecule has 0 amide bonds. The van der Waals surface area contributed by atoms with E-state index in [1.54, 1.807) is 6.08 Å². The lowest BCUT2D eigenvalue weighted by molar-refractivity contribution is 0.340. The number of halogens is 1. The van der Waals surface area contributed by atoms with E-state index in [0.717, 1.165) is 63.9 Å². The third-order valence-electron chi connectivity index (χ3n) is 5.44. The van der Waals surface area contributed by atoms with Crippen molar-refractivity contribution in [3.05, 3.63) is 158 Å². The van der Waals surface area contributed by atoms with Crippen molar-refractivity contribution in [2.45, 2.75) is 19.3 Å². The molecule has 0 aliphatic carbocycles. The van der Waals surface area contributed by atoms with Crippen LogP contribution >= 0.6 is 15.9 Å². The van der Waals surface area contributed by atoms with Gasteiger partial charge in [0.05, 0.1) is 0 Å². The van der Waals surface area contributed by atoms with E-state index in [4.69, 9.17) is 5.73 Å². The molecule has 0 atom stereocenters. The van der Waals surface area contributed by atoms with E-state index in [2.05, 4.69) is 119 Å². The first kappa shape index (κ1) is 37.0. The summed E-state index contributed by atoms with van der Waals surface area (Å²) >= 11 is 3.13. The molecule has 0 saturated heterocycles. The van der Waals surface area contributed by atoms with Crippen LogP contribution in [0.4, 0.5) is 0 Å². The van der Waals surface area contributed by atoms with Gasteiger partial charge in [-0.25, -0.2) is 0 Å². The van der Waals surface area contributed by atoms with Gasteiger partial charge in [-0.3, -0.25) is 4.90 Å². The van der Waals surface area contributed by atoms with E-state index in [9.17, 15) is 0 Å². The highest BCUT2D eigenvalue weighted by Gasteiger charge is 2.00. The van der Waals surface area contributed by atoms with Crippen LogP contribution in [0.1, 0.15) is 16.7 Å². The normalized spacial score (nSPS) is 9.47. The first-order chi connectivity index (χ1) is 19.6. The maximum absolute atomic E-state index is 5.36. The summed E-state index contributed by atoms with van der Waals surface area (Å²) in [6.07, 6.45) is 10.7. The fourth-order valence-electron chi connectivity index (χ4n) is 3.45. The Balaban J connectivity index is 0.000000547. The third-order valence-corrected chi connectivity index (χ3v) is 5.90. The molecule has 0 aliphatic heterocycles. The summed E-state index contributed by atoms with van der Waals surface area (Å²) in [4.78, 5) is 2.33. The Labute approximate surface area is 253 Å². The predicted octanol–water partition coefficient (Wildman–Crippen LogP) is 7.66. The minimum atomic E-state index is 0.740. The fourth-order valence-corrected chi connectivity index (χ4v) is 3.45. The topological polar surface area (TPSA) is 41.3 Å².